The third-order valence-corrected chi connectivity index (χ3v) is 0.820. The molecule has 2 N–H and O–H groups in total. The molecule has 0 aromatic heterocycles. The summed E-state index contributed by atoms with van der Waals surface area (Å²) in [7, 11) is 0. The number of rotatable bonds is 3. The summed E-state index contributed by atoms with van der Waals surface area (Å²) in [5.74, 6) is 0. The molecule has 0 rings (SSSR count). The van der Waals surface area contributed by atoms with Crippen molar-refractivity contribution in [1.82, 2.24) is 0 Å². The molecule has 9 heavy (non-hydrogen) atoms. The summed E-state index contributed by atoms with van der Waals surface area (Å²) in [6, 6.07) is 0. The standard InChI is InChI=1S/C8H13N/c1-3-4-5-6-7-8(2)9/h3-6H,2,7,9H2,1H3/b4-3-,6-5-. The quantitative estimate of drug-likeness (QED) is 0.570. The second-order valence-electron chi connectivity index (χ2n) is 1.82. The minimum Gasteiger partial charge on any atom is -0.402 e. The molecule has 0 atom stereocenters. The summed E-state index contributed by atoms with van der Waals surface area (Å²) in [5, 5.41) is 0. The van der Waals surface area contributed by atoms with Crippen molar-refractivity contribution in [2.24, 2.45) is 5.73 Å². The van der Waals surface area contributed by atoms with Gasteiger partial charge in [0, 0.05) is 12.1 Å². The van der Waals surface area contributed by atoms with E-state index in [1.165, 1.54) is 0 Å². The maximum absolute atomic E-state index is 5.30. The van der Waals surface area contributed by atoms with Gasteiger partial charge < -0.3 is 5.73 Å². The molecule has 0 radical (unpaired) electrons. The van der Waals surface area contributed by atoms with Crippen molar-refractivity contribution in [3.05, 3.63) is 36.6 Å². The van der Waals surface area contributed by atoms with Gasteiger partial charge in [-0.05, 0) is 6.92 Å². The maximum Gasteiger partial charge on any atom is 0.00463 e. The second kappa shape index (κ2) is 5.16. The highest BCUT2D eigenvalue weighted by molar-refractivity contribution is 5.05. The van der Waals surface area contributed by atoms with Crippen molar-refractivity contribution in [2.45, 2.75) is 13.3 Å². The molecule has 0 aromatic carbocycles. The predicted molar refractivity (Wildman–Crippen MR) is 41.9 cm³/mol. The first-order valence-corrected chi connectivity index (χ1v) is 2.98. The van der Waals surface area contributed by atoms with E-state index in [2.05, 4.69) is 6.58 Å². The fourth-order valence-electron chi connectivity index (χ4n) is 0.409. The van der Waals surface area contributed by atoms with Gasteiger partial charge in [0.25, 0.3) is 0 Å². The highest BCUT2D eigenvalue weighted by Gasteiger charge is 1.75. The number of hydrogen-bond acceptors (Lipinski definition) is 1. The molecule has 0 saturated heterocycles. The molecule has 1 nitrogen and oxygen atoms in total. The van der Waals surface area contributed by atoms with Gasteiger partial charge in [-0.2, -0.15) is 0 Å². The average molecular weight is 123 g/mol. The molecular formula is C8H13N. The zero-order valence-electron chi connectivity index (χ0n) is 5.80. The maximum atomic E-state index is 5.30. The van der Waals surface area contributed by atoms with Gasteiger partial charge >= 0.3 is 0 Å². The van der Waals surface area contributed by atoms with E-state index in [9.17, 15) is 0 Å². The van der Waals surface area contributed by atoms with Gasteiger partial charge in [-0.3, -0.25) is 0 Å². The Morgan fingerprint density at radius 1 is 1.56 bits per heavy atom. The number of hydrogen-bond donors (Lipinski definition) is 1. The van der Waals surface area contributed by atoms with Crippen molar-refractivity contribution in [2.75, 3.05) is 0 Å². The fraction of sp³-hybridized carbons (Fsp3) is 0.250. The van der Waals surface area contributed by atoms with Crippen LogP contribution >= 0.6 is 0 Å². The average Bonchev–Trinajstić information content (AvgIpc) is 1.80. The molecule has 0 unspecified atom stereocenters. The van der Waals surface area contributed by atoms with Gasteiger partial charge in [0.15, 0.2) is 0 Å². The van der Waals surface area contributed by atoms with Crippen molar-refractivity contribution >= 4 is 0 Å². The van der Waals surface area contributed by atoms with Gasteiger partial charge in [0.2, 0.25) is 0 Å². The Labute approximate surface area is 56.6 Å². The van der Waals surface area contributed by atoms with Crippen LogP contribution in [-0.4, -0.2) is 0 Å². The van der Waals surface area contributed by atoms with E-state index < -0.39 is 0 Å². The highest BCUT2D eigenvalue weighted by Crippen LogP contribution is 1.89. The van der Waals surface area contributed by atoms with Crippen LogP contribution in [0.4, 0.5) is 0 Å². The van der Waals surface area contributed by atoms with Crippen LogP contribution in [0.1, 0.15) is 13.3 Å². The largest absolute Gasteiger partial charge is 0.402 e. The summed E-state index contributed by atoms with van der Waals surface area (Å²) in [6.45, 7) is 5.53. The molecule has 1 heteroatoms. The Hall–Kier alpha value is -0.980. The molecule has 0 aromatic rings. The van der Waals surface area contributed by atoms with E-state index in [0.29, 0.717) is 5.70 Å². The molecule has 0 saturated carbocycles. The van der Waals surface area contributed by atoms with Crippen LogP contribution in [0.3, 0.4) is 0 Å². The molecule has 0 aliphatic carbocycles. The Kier molecular flexibility index (Phi) is 4.60. The third-order valence-electron chi connectivity index (χ3n) is 0.820. The van der Waals surface area contributed by atoms with Crippen LogP contribution in [-0.2, 0) is 0 Å². The summed E-state index contributed by atoms with van der Waals surface area (Å²) in [4.78, 5) is 0. The van der Waals surface area contributed by atoms with Gasteiger partial charge in [0.1, 0.15) is 0 Å². The Balaban J connectivity index is 3.36. The molecule has 0 amide bonds. The first-order valence-electron chi connectivity index (χ1n) is 2.98. The van der Waals surface area contributed by atoms with E-state index in [4.69, 9.17) is 5.73 Å². The fourth-order valence-corrected chi connectivity index (χ4v) is 0.409. The van der Waals surface area contributed by atoms with E-state index in [0.717, 1.165) is 6.42 Å². The van der Waals surface area contributed by atoms with Crippen molar-refractivity contribution in [1.29, 1.82) is 0 Å². The summed E-state index contributed by atoms with van der Waals surface area (Å²) in [5.41, 5.74) is 6.01. The smallest absolute Gasteiger partial charge is 0.00463 e. The molecule has 0 heterocycles. The number of allylic oxidation sites excluding steroid dienone is 4. The van der Waals surface area contributed by atoms with Crippen LogP contribution in [0.25, 0.3) is 0 Å². The predicted octanol–water partition coefficient (Wildman–Crippen LogP) is 1.98. The van der Waals surface area contributed by atoms with Gasteiger partial charge in [-0.15, -0.1) is 0 Å². The van der Waals surface area contributed by atoms with Gasteiger partial charge in [-0.25, -0.2) is 0 Å². The van der Waals surface area contributed by atoms with Crippen LogP contribution in [0.2, 0.25) is 0 Å². The summed E-state index contributed by atoms with van der Waals surface area (Å²) < 4.78 is 0. The Bertz CT molecular complexity index is 132. The molecular weight excluding hydrogens is 110 g/mol. The SMILES string of the molecule is C=C(N)C/C=C\C=C/C. The Morgan fingerprint density at radius 3 is 2.67 bits per heavy atom. The van der Waals surface area contributed by atoms with E-state index >= 15 is 0 Å². The normalized spacial score (nSPS) is 11.2. The lowest BCUT2D eigenvalue weighted by Gasteiger charge is -1.86. The summed E-state index contributed by atoms with van der Waals surface area (Å²) in [6.07, 6.45) is 8.63. The lowest BCUT2D eigenvalue weighted by atomic mass is 10.3. The zero-order valence-corrected chi connectivity index (χ0v) is 5.80. The number of nitrogens with two attached hydrogens (primary N) is 1. The van der Waals surface area contributed by atoms with E-state index in [-0.39, 0.29) is 0 Å². The lowest BCUT2D eigenvalue weighted by molar-refractivity contribution is 1.18. The van der Waals surface area contributed by atoms with Gasteiger partial charge in [0.05, 0.1) is 0 Å². The highest BCUT2D eigenvalue weighted by atomic mass is 14.5. The molecule has 0 fully saturated rings. The van der Waals surface area contributed by atoms with Crippen molar-refractivity contribution in [3.63, 3.8) is 0 Å². The van der Waals surface area contributed by atoms with Crippen molar-refractivity contribution < 1.29 is 0 Å². The van der Waals surface area contributed by atoms with Crippen LogP contribution in [0.5, 0.6) is 0 Å². The third kappa shape index (κ3) is 7.02. The minimum atomic E-state index is 0.704. The monoisotopic (exact) mass is 123 g/mol. The van der Waals surface area contributed by atoms with Crippen LogP contribution in [0, 0.1) is 0 Å². The molecule has 0 spiro atoms. The van der Waals surface area contributed by atoms with Gasteiger partial charge in [-0.1, -0.05) is 30.9 Å². The topological polar surface area (TPSA) is 26.0 Å². The summed E-state index contributed by atoms with van der Waals surface area (Å²) >= 11 is 0. The molecule has 0 aliphatic rings. The van der Waals surface area contributed by atoms with E-state index in [1.54, 1.807) is 0 Å². The lowest BCUT2D eigenvalue weighted by Crippen LogP contribution is -1.90. The van der Waals surface area contributed by atoms with Crippen LogP contribution < -0.4 is 5.73 Å². The molecule has 0 aliphatic heterocycles. The minimum absolute atomic E-state index is 0.704. The second-order valence-corrected chi connectivity index (χ2v) is 1.82. The van der Waals surface area contributed by atoms with E-state index in [1.807, 2.05) is 31.2 Å². The Morgan fingerprint density at radius 2 is 2.22 bits per heavy atom. The van der Waals surface area contributed by atoms with Crippen molar-refractivity contribution in [3.8, 4) is 0 Å². The molecule has 0 bridgehead atoms. The van der Waals surface area contributed by atoms with Crippen LogP contribution in [0.15, 0.2) is 36.6 Å². The first kappa shape index (κ1) is 8.02. The first-order chi connectivity index (χ1) is 4.27. The molecule has 50 valence electrons. The zero-order chi connectivity index (χ0) is 7.11.